The number of guanidine groups is 1. The fourth-order valence-corrected chi connectivity index (χ4v) is 8.23. The molecule has 0 unspecified atom stereocenters. The normalized spacial score (nSPS) is 20.5. The first-order valence-corrected chi connectivity index (χ1v) is 24.2. The second-order valence-corrected chi connectivity index (χ2v) is 18.4. The number of phenolic OH excluding ortho intramolecular Hbond substituents is 1. The number of aliphatic imine (C=N–C) groups is 1. The van der Waals surface area contributed by atoms with Gasteiger partial charge in [-0.25, -0.2) is 0 Å². The fourth-order valence-electron chi connectivity index (χ4n) is 7.65. The maximum atomic E-state index is 14.2. The number of phenols is 1. The Kier molecular flexibility index (Phi) is 31.8. The van der Waals surface area contributed by atoms with E-state index < -0.39 is 96.5 Å². The number of nitrogens with one attached hydrogen (secondary N) is 6. The first-order valence-electron chi connectivity index (χ1n) is 23.1. The summed E-state index contributed by atoms with van der Waals surface area (Å²) in [5.74, 6) is -9.97. The van der Waals surface area contributed by atoms with Crippen LogP contribution >= 0.6 is 22.6 Å². The van der Waals surface area contributed by atoms with E-state index in [0.717, 1.165) is 0 Å². The van der Waals surface area contributed by atoms with Crippen LogP contribution in [0.25, 0.3) is 0 Å². The van der Waals surface area contributed by atoms with Crippen molar-refractivity contribution in [3.8, 4) is 5.75 Å². The van der Waals surface area contributed by atoms with Gasteiger partial charge in [-0.15, -0.1) is 0 Å². The molecular weight excluding hydrogens is 1240 g/mol. The summed E-state index contributed by atoms with van der Waals surface area (Å²) in [7, 11) is 0. The van der Waals surface area contributed by atoms with Crippen molar-refractivity contribution < 1.29 is 119 Å². The Morgan fingerprint density at radius 1 is 0.635 bits per heavy atom. The van der Waals surface area contributed by atoms with Crippen molar-refractivity contribution in [2.75, 3.05) is 98.2 Å². The first-order chi connectivity index (χ1) is 34.1. The van der Waals surface area contributed by atoms with Gasteiger partial charge in [0.1, 0.15) is 29.9 Å². The van der Waals surface area contributed by atoms with E-state index in [2.05, 4.69) is 36.9 Å². The summed E-state index contributed by atoms with van der Waals surface area (Å²) < 4.78 is 0.410. The molecule has 0 aromatic heterocycles. The SMILES string of the molecule is NC(N)=NCCC[C@@H]1NC(=O)[C@H](CCCCNC(=O)CN2CCN(CC(=O)O)CCN(CC(=O)O)CCN(CC(=O)O)CC2)NC(=O)[C@H](Cc2ccc(O)c([125I])c2)NC(=O)[C@H](CC(=O)O)NC(=O)CNC1=O.O.[Gd+3]. The van der Waals surface area contributed by atoms with Crippen molar-refractivity contribution in [1.82, 2.24) is 51.5 Å². The van der Waals surface area contributed by atoms with E-state index in [1.165, 1.54) is 12.1 Å². The van der Waals surface area contributed by atoms with Crippen molar-refractivity contribution in [3.63, 3.8) is 0 Å². The molecule has 31 heteroatoms. The van der Waals surface area contributed by atoms with Crippen LogP contribution in [0.5, 0.6) is 5.75 Å². The summed E-state index contributed by atoms with van der Waals surface area (Å²) in [5.41, 5.74) is 11.3. The second-order valence-electron chi connectivity index (χ2n) is 17.2. The number of unbranched alkanes of at least 4 members (excludes halogenated alkanes) is 1. The number of carbonyl (C=O) groups excluding carboxylic acids is 6. The van der Waals surface area contributed by atoms with Crippen LogP contribution in [0.1, 0.15) is 44.1 Å². The van der Waals surface area contributed by atoms with Gasteiger partial charge < -0.3 is 74.4 Å². The Labute approximate surface area is 471 Å². The molecule has 2 heterocycles. The van der Waals surface area contributed by atoms with Crippen LogP contribution in [0.4, 0.5) is 0 Å². The molecule has 1 aromatic carbocycles. The van der Waals surface area contributed by atoms with Crippen LogP contribution in [-0.2, 0) is 54.4 Å². The standard InChI is InChI=1S/C43H66IN13O15.Gd.H2O/c44-27-18-26(6-7-32(27)58)19-30-41(71)52-29(40(70)51-28(5-3-9-48-43(45)46)39(69)49-21-33(59)50-31(20-35(61)62)42(72)53-30)4-1-2-8-47-34(60)22-54-10-12-55(23-36(63)64)14-16-57(25-38(67)68)17-15-56(13-11-54)24-37(65)66;;/h6-7,18,28-31,58H,1-5,8-17,19-25H2,(H,47,60)(H,49,69)(H,50,59)(H,51,70)(H,52,71)(H,53,72)(H,61,62)(H,63,64)(H,65,66)(H,67,68)(H4,45,46,48);;1H2/q;+3;/t28-,29-,30-,31-;;/m0../s1/i44-2;;. The van der Waals surface area contributed by atoms with E-state index >= 15 is 0 Å². The molecule has 4 atom stereocenters. The smallest absolute Gasteiger partial charge is 0.507 e. The van der Waals surface area contributed by atoms with Gasteiger partial charge in [-0.05, 0) is 72.4 Å². The summed E-state index contributed by atoms with van der Waals surface area (Å²) >= 11 is 1.86. The van der Waals surface area contributed by atoms with Gasteiger partial charge in [0, 0.05) is 71.9 Å². The van der Waals surface area contributed by atoms with Crippen molar-refractivity contribution in [2.24, 2.45) is 16.5 Å². The van der Waals surface area contributed by atoms with Crippen LogP contribution in [0.15, 0.2) is 23.2 Å². The van der Waals surface area contributed by atoms with E-state index in [1.807, 2.05) is 22.6 Å². The number of benzene rings is 1. The number of carbonyl (C=O) groups is 10. The molecule has 17 N–H and O–H groups in total. The molecule has 2 fully saturated rings. The number of amides is 6. The van der Waals surface area contributed by atoms with Gasteiger partial charge in [0.05, 0.1) is 42.7 Å². The van der Waals surface area contributed by atoms with Crippen LogP contribution in [-0.4, -0.2) is 238 Å². The third-order valence-corrected chi connectivity index (χ3v) is 12.2. The zero-order valence-electron chi connectivity index (χ0n) is 40.5. The predicted molar refractivity (Wildman–Crippen MR) is 267 cm³/mol. The third kappa shape index (κ3) is 26.9. The number of hydrogen-bond donors (Lipinski definition) is 13. The summed E-state index contributed by atoms with van der Waals surface area (Å²) in [6.07, 6.45) is -0.576. The number of nitrogens with two attached hydrogens (primary N) is 2. The zero-order chi connectivity index (χ0) is 53.3. The van der Waals surface area contributed by atoms with E-state index in [9.17, 15) is 73.5 Å². The monoisotopic (exact) mass is 1310 g/mol. The van der Waals surface area contributed by atoms with Crippen LogP contribution < -0.4 is 43.4 Å². The van der Waals surface area contributed by atoms with Crippen LogP contribution in [0.2, 0.25) is 0 Å². The minimum absolute atomic E-state index is 0. The molecule has 1 radical (unpaired) electrons. The maximum Gasteiger partial charge on any atom is 3.00 e. The number of hydrogen-bond acceptors (Lipinski definition) is 16. The zero-order valence-corrected chi connectivity index (χ0v) is 45.0. The average molecular weight is 1310 g/mol. The Hall–Kier alpha value is -5.16. The van der Waals surface area contributed by atoms with E-state index in [-0.39, 0.29) is 187 Å². The summed E-state index contributed by atoms with van der Waals surface area (Å²) in [6, 6.07) is -1.41. The van der Waals surface area contributed by atoms with Crippen molar-refractivity contribution >= 4 is 87.9 Å². The largest absolute Gasteiger partial charge is 3.00 e. The number of halogens is 1. The van der Waals surface area contributed by atoms with Gasteiger partial charge in [0.2, 0.25) is 35.4 Å². The first kappa shape index (κ1) is 66.9. The molecule has 74 heavy (non-hydrogen) atoms. The molecule has 0 spiro atoms. The molecule has 1 aromatic rings. The predicted octanol–water partition coefficient (Wildman–Crippen LogP) is -5.93. The number of carboxylic acid groups (broad SMARTS) is 4. The van der Waals surface area contributed by atoms with E-state index in [1.54, 1.807) is 25.7 Å². The minimum atomic E-state index is -1.70. The number of carboxylic acids is 4. The van der Waals surface area contributed by atoms with Gasteiger partial charge in [0.25, 0.3) is 0 Å². The minimum Gasteiger partial charge on any atom is -0.507 e. The Morgan fingerprint density at radius 2 is 1.09 bits per heavy atom. The van der Waals surface area contributed by atoms with Crippen LogP contribution in [0.3, 0.4) is 0 Å². The van der Waals surface area contributed by atoms with Crippen molar-refractivity contribution in [1.29, 1.82) is 0 Å². The molecule has 413 valence electrons. The molecule has 2 aliphatic rings. The Balaban J connectivity index is 0.0000137. The number of aliphatic carboxylic acids is 4. The molecule has 0 saturated carbocycles. The molecule has 2 aliphatic heterocycles. The molecular formula is C43H68GdIN13O16+3. The quantitative estimate of drug-likeness (QED) is 0.0236. The van der Waals surface area contributed by atoms with E-state index in [0.29, 0.717) is 9.13 Å². The van der Waals surface area contributed by atoms with Crippen LogP contribution in [0, 0.1) is 43.5 Å². The number of aromatic hydroxyl groups is 1. The van der Waals surface area contributed by atoms with E-state index in [4.69, 9.17) is 11.5 Å². The summed E-state index contributed by atoms with van der Waals surface area (Å²) in [4.78, 5) is 139. The topological polar surface area (TPSA) is 453 Å². The van der Waals surface area contributed by atoms with Gasteiger partial charge in [-0.3, -0.25) is 72.5 Å². The molecule has 6 amide bonds. The molecule has 3 rings (SSSR count). The summed E-state index contributed by atoms with van der Waals surface area (Å²) in [5, 5.41) is 63.4. The fraction of sp³-hybridized carbons (Fsp3) is 0.605. The van der Waals surface area contributed by atoms with Crippen molar-refractivity contribution in [3.05, 3.63) is 27.3 Å². The molecule has 0 aliphatic carbocycles. The molecule has 2 saturated heterocycles. The van der Waals surface area contributed by atoms with Gasteiger partial charge in [-0.1, -0.05) is 6.07 Å². The molecule has 29 nitrogen and oxygen atoms in total. The third-order valence-electron chi connectivity index (χ3n) is 11.4. The maximum absolute atomic E-state index is 14.2. The van der Waals surface area contributed by atoms with Crippen molar-refractivity contribution in [2.45, 2.75) is 69.1 Å². The van der Waals surface area contributed by atoms with Gasteiger partial charge >= 0.3 is 63.8 Å². The Bertz CT molecular complexity index is 2090. The summed E-state index contributed by atoms with van der Waals surface area (Å²) in [6.45, 7) is -0.0789. The number of nitrogens with zero attached hydrogens (tertiary/aromatic N) is 5. The average Bonchev–Trinajstić information content (AvgIpc) is 3.29. The second kappa shape index (κ2) is 35.2. The van der Waals surface area contributed by atoms with Gasteiger partial charge in [0.15, 0.2) is 5.96 Å². The van der Waals surface area contributed by atoms with Gasteiger partial charge in [-0.2, -0.15) is 0 Å². The molecule has 0 bridgehead atoms. The Morgan fingerprint density at radius 3 is 1.58 bits per heavy atom. The number of rotatable bonds is 21.